The highest BCUT2D eigenvalue weighted by molar-refractivity contribution is 5.70. The van der Waals surface area contributed by atoms with Crippen LogP contribution < -0.4 is 9.47 Å². The van der Waals surface area contributed by atoms with Gasteiger partial charge in [0.25, 0.3) is 0 Å². The van der Waals surface area contributed by atoms with Crippen LogP contribution in [0.3, 0.4) is 0 Å². The lowest BCUT2D eigenvalue weighted by molar-refractivity contribution is -0.143. The number of rotatable bonds is 10. The summed E-state index contributed by atoms with van der Waals surface area (Å²) in [6, 6.07) is 5.57. The minimum Gasteiger partial charge on any atom is -0.493 e. The minimum atomic E-state index is -0.770. The van der Waals surface area contributed by atoms with Crippen LogP contribution in [0, 0.1) is 11.8 Å². The van der Waals surface area contributed by atoms with Crippen molar-refractivity contribution in [3.8, 4) is 11.5 Å². The number of carboxylic acids is 1. The van der Waals surface area contributed by atoms with E-state index in [1.54, 1.807) is 14.2 Å². The summed E-state index contributed by atoms with van der Waals surface area (Å²) in [5.41, 5.74) is 0.934. The second-order valence-corrected chi connectivity index (χ2v) is 5.57. The molecular weight excluding hydrogens is 284 g/mol. The highest BCUT2D eigenvalue weighted by Gasteiger charge is 2.22. The predicted molar refractivity (Wildman–Crippen MR) is 84.6 cm³/mol. The Morgan fingerprint density at radius 1 is 1.18 bits per heavy atom. The Hall–Kier alpha value is -1.75. The molecule has 0 aromatic heterocycles. The van der Waals surface area contributed by atoms with E-state index in [-0.39, 0.29) is 5.92 Å². The van der Waals surface area contributed by atoms with Crippen molar-refractivity contribution in [3.05, 3.63) is 23.8 Å². The largest absolute Gasteiger partial charge is 0.493 e. The zero-order valence-corrected chi connectivity index (χ0v) is 13.8. The molecule has 22 heavy (non-hydrogen) atoms. The summed E-state index contributed by atoms with van der Waals surface area (Å²) in [4.78, 5) is 11.3. The fourth-order valence-corrected chi connectivity index (χ4v) is 2.21. The number of carboxylic acid groups (broad SMARTS) is 1. The molecular formula is C17H26O5. The normalized spacial score (nSPS) is 12.2. The van der Waals surface area contributed by atoms with Crippen molar-refractivity contribution in [2.24, 2.45) is 11.8 Å². The van der Waals surface area contributed by atoms with Gasteiger partial charge in [-0.25, -0.2) is 0 Å². The molecule has 0 fully saturated rings. The lowest BCUT2D eigenvalue weighted by Crippen LogP contribution is -2.22. The first-order valence-electron chi connectivity index (χ1n) is 7.51. The smallest absolute Gasteiger partial charge is 0.307 e. The minimum absolute atomic E-state index is 0.0747. The Morgan fingerprint density at radius 2 is 1.91 bits per heavy atom. The molecule has 0 heterocycles. The quantitative estimate of drug-likeness (QED) is 0.673. The maximum atomic E-state index is 11.3. The third kappa shape index (κ3) is 5.56. The van der Waals surface area contributed by atoms with Crippen LogP contribution in [0.4, 0.5) is 0 Å². The van der Waals surface area contributed by atoms with E-state index in [9.17, 15) is 9.90 Å². The summed E-state index contributed by atoms with van der Waals surface area (Å²) >= 11 is 0. The Kier molecular flexibility index (Phi) is 7.74. The molecule has 0 aliphatic rings. The molecule has 1 N–H and O–H groups in total. The molecule has 0 aliphatic carbocycles. The first kappa shape index (κ1) is 18.3. The zero-order valence-electron chi connectivity index (χ0n) is 13.8. The van der Waals surface area contributed by atoms with E-state index in [0.29, 0.717) is 31.1 Å². The van der Waals surface area contributed by atoms with Gasteiger partial charge in [0.15, 0.2) is 11.5 Å². The summed E-state index contributed by atoms with van der Waals surface area (Å²) in [6.07, 6.45) is 1.26. The molecule has 0 saturated heterocycles. The van der Waals surface area contributed by atoms with Gasteiger partial charge in [0.05, 0.1) is 19.6 Å². The van der Waals surface area contributed by atoms with Crippen LogP contribution in [0.5, 0.6) is 11.5 Å². The van der Waals surface area contributed by atoms with Crippen molar-refractivity contribution in [3.63, 3.8) is 0 Å². The van der Waals surface area contributed by atoms with Crippen molar-refractivity contribution in [2.75, 3.05) is 27.4 Å². The van der Waals surface area contributed by atoms with E-state index in [1.807, 2.05) is 32.0 Å². The van der Waals surface area contributed by atoms with Crippen molar-refractivity contribution in [1.29, 1.82) is 0 Å². The summed E-state index contributed by atoms with van der Waals surface area (Å²) in [6.45, 7) is 5.01. The fourth-order valence-electron chi connectivity index (χ4n) is 2.21. The Balaban J connectivity index is 2.82. The van der Waals surface area contributed by atoms with Crippen molar-refractivity contribution < 1.29 is 24.1 Å². The molecule has 0 aliphatic heterocycles. The van der Waals surface area contributed by atoms with Crippen LogP contribution in [-0.4, -0.2) is 38.5 Å². The third-order valence-electron chi connectivity index (χ3n) is 3.56. The van der Waals surface area contributed by atoms with Gasteiger partial charge in [-0.15, -0.1) is 0 Å². The number of aliphatic carboxylic acids is 1. The summed E-state index contributed by atoms with van der Waals surface area (Å²) in [5.74, 6) is 0.190. The maximum Gasteiger partial charge on any atom is 0.307 e. The number of carbonyl (C=O) groups is 1. The van der Waals surface area contributed by atoms with E-state index < -0.39 is 11.9 Å². The maximum absolute atomic E-state index is 11.3. The second-order valence-electron chi connectivity index (χ2n) is 5.57. The molecule has 0 saturated carbocycles. The van der Waals surface area contributed by atoms with Gasteiger partial charge in [-0.3, -0.25) is 4.79 Å². The van der Waals surface area contributed by atoms with E-state index in [4.69, 9.17) is 14.2 Å². The van der Waals surface area contributed by atoms with Gasteiger partial charge >= 0.3 is 5.97 Å². The van der Waals surface area contributed by atoms with Gasteiger partial charge < -0.3 is 19.3 Å². The molecule has 1 unspecified atom stereocenters. The van der Waals surface area contributed by atoms with Crippen LogP contribution >= 0.6 is 0 Å². The lowest BCUT2D eigenvalue weighted by Gasteiger charge is -2.17. The van der Waals surface area contributed by atoms with Crippen LogP contribution in [0.1, 0.15) is 25.8 Å². The number of hydrogen-bond donors (Lipinski definition) is 1. The molecule has 1 aromatic carbocycles. The van der Waals surface area contributed by atoms with E-state index in [0.717, 1.165) is 12.0 Å². The van der Waals surface area contributed by atoms with Gasteiger partial charge in [-0.05, 0) is 30.0 Å². The standard InChI is InChI=1S/C17H26O5/c1-12(2)14(17(18)19)10-13-6-7-15(21-4)16(11-13)22-9-5-8-20-3/h6-7,11-12,14H,5,8-10H2,1-4H3,(H,18,19). The van der Waals surface area contributed by atoms with Crippen molar-refractivity contribution in [1.82, 2.24) is 0 Å². The molecule has 5 heteroatoms. The fraction of sp³-hybridized carbons (Fsp3) is 0.588. The average molecular weight is 310 g/mol. The molecule has 0 spiro atoms. The van der Waals surface area contributed by atoms with Crippen LogP contribution in [0.25, 0.3) is 0 Å². The van der Waals surface area contributed by atoms with E-state index in [2.05, 4.69) is 0 Å². The molecule has 1 atom stereocenters. The topological polar surface area (TPSA) is 65.0 Å². The highest BCUT2D eigenvalue weighted by Crippen LogP contribution is 2.30. The van der Waals surface area contributed by atoms with Crippen LogP contribution in [0.2, 0.25) is 0 Å². The van der Waals surface area contributed by atoms with Gasteiger partial charge in [0, 0.05) is 20.1 Å². The SMILES string of the molecule is COCCCOc1cc(CC(C(=O)O)C(C)C)ccc1OC. The number of hydrogen-bond acceptors (Lipinski definition) is 4. The molecule has 124 valence electrons. The van der Waals surface area contributed by atoms with Gasteiger partial charge in [-0.2, -0.15) is 0 Å². The third-order valence-corrected chi connectivity index (χ3v) is 3.56. The second kappa shape index (κ2) is 9.30. The monoisotopic (exact) mass is 310 g/mol. The zero-order chi connectivity index (χ0) is 16.5. The molecule has 0 radical (unpaired) electrons. The summed E-state index contributed by atoms with van der Waals surface area (Å²) in [7, 11) is 3.24. The molecule has 1 rings (SSSR count). The number of methoxy groups -OCH3 is 2. The van der Waals surface area contributed by atoms with Crippen LogP contribution in [-0.2, 0) is 16.0 Å². The van der Waals surface area contributed by atoms with E-state index in [1.165, 1.54) is 0 Å². The molecule has 0 amide bonds. The number of ether oxygens (including phenoxy) is 3. The Morgan fingerprint density at radius 3 is 2.45 bits per heavy atom. The first-order chi connectivity index (χ1) is 10.5. The first-order valence-corrected chi connectivity index (χ1v) is 7.51. The van der Waals surface area contributed by atoms with Crippen molar-refractivity contribution in [2.45, 2.75) is 26.7 Å². The van der Waals surface area contributed by atoms with Gasteiger partial charge in [0.2, 0.25) is 0 Å². The van der Waals surface area contributed by atoms with Gasteiger partial charge in [-0.1, -0.05) is 19.9 Å². The van der Waals surface area contributed by atoms with Gasteiger partial charge in [0.1, 0.15) is 0 Å². The molecule has 1 aromatic rings. The number of benzene rings is 1. The predicted octanol–water partition coefficient (Wildman–Crippen LogP) is 3.01. The summed E-state index contributed by atoms with van der Waals surface area (Å²) < 4.78 is 16.0. The molecule has 5 nitrogen and oxygen atoms in total. The summed E-state index contributed by atoms with van der Waals surface area (Å²) in [5, 5.41) is 9.31. The van der Waals surface area contributed by atoms with Crippen LogP contribution in [0.15, 0.2) is 18.2 Å². The van der Waals surface area contributed by atoms with E-state index >= 15 is 0 Å². The average Bonchev–Trinajstić information content (AvgIpc) is 2.48. The Bertz CT molecular complexity index is 470. The Labute approximate surface area is 132 Å². The highest BCUT2D eigenvalue weighted by atomic mass is 16.5. The molecule has 0 bridgehead atoms. The van der Waals surface area contributed by atoms with Crippen molar-refractivity contribution >= 4 is 5.97 Å². The lowest BCUT2D eigenvalue weighted by atomic mass is 9.89.